The summed E-state index contributed by atoms with van der Waals surface area (Å²) in [5, 5.41) is 0. The van der Waals surface area contributed by atoms with Gasteiger partial charge in [-0.1, -0.05) is 30.3 Å². The molecule has 3 atom stereocenters. The van der Waals surface area contributed by atoms with E-state index < -0.39 is 12.0 Å². The highest BCUT2D eigenvalue weighted by atomic mass is 35.5. The molecule has 0 unspecified atom stereocenters. The second-order valence-electron chi connectivity index (χ2n) is 4.39. The standard InChI is InChI=1S/C14H21NO3.ClH/c1-10(15)14(16)18-11(2)13(17-3)9-12-7-5-4-6-8-12;/h4-8,10-11,13H,9,15H2,1-3H3;1H/t10-,11-,13+;/m0./s1. The predicted molar refractivity (Wildman–Crippen MR) is 77.4 cm³/mol. The van der Waals surface area contributed by atoms with Crippen molar-refractivity contribution in [1.29, 1.82) is 0 Å². The van der Waals surface area contributed by atoms with E-state index in [4.69, 9.17) is 15.2 Å². The molecule has 1 aromatic rings. The fourth-order valence-corrected chi connectivity index (χ4v) is 1.65. The molecule has 0 radical (unpaired) electrons. The van der Waals surface area contributed by atoms with Crippen LogP contribution in [0.5, 0.6) is 0 Å². The van der Waals surface area contributed by atoms with Crippen LogP contribution in [0.1, 0.15) is 19.4 Å². The van der Waals surface area contributed by atoms with Crippen LogP contribution in [0.4, 0.5) is 0 Å². The van der Waals surface area contributed by atoms with Crippen LogP contribution in [0.2, 0.25) is 0 Å². The van der Waals surface area contributed by atoms with Crippen molar-refractivity contribution in [2.24, 2.45) is 5.73 Å². The number of esters is 1. The van der Waals surface area contributed by atoms with Gasteiger partial charge < -0.3 is 15.2 Å². The molecule has 108 valence electrons. The number of hydrogen-bond donors (Lipinski definition) is 1. The lowest BCUT2D eigenvalue weighted by Crippen LogP contribution is -2.37. The van der Waals surface area contributed by atoms with Crippen molar-refractivity contribution in [2.45, 2.75) is 38.5 Å². The highest BCUT2D eigenvalue weighted by Gasteiger charge is 2.22. The number of carbonyl (C=O) groups excluding carboxylic acids is 1. The zero-order valence-electron chi connectivity index (χ0n) is 11.5. The Hall–Kier alpha value is -1.10. The molecule has 0 aromatic heterocycles. The van der Waals surface area contributed by atoms with Crippen LogP contribution in [0.25, 0.3) is 0 Å². The Labute approximate surface area is 120 Å². The third kappa shape index (κ3) is 6.05. The maximum absolute atomic E-state index is 11.4. The summed E-state index contributed by atoms with van der Waals surface area (Å²) in [5.74, 6) is -0.405. The summed E-state index contributed by atoms with van der Waals surface area (Å²) in [5.41, 5.74) is 6.61. The van der Waals surface area contributed by atoms with Crippen molar-refractivity contribution in [3.63, 3.8) is 0 Å². The second kappa shape index (κ2) is 8.91. The molecule has 0 aliphatic carbocycles. The summed E-state index contributed by atoms with van der Waals surface area (Å²) >= 11 is 0. The molecule has 0 spiro atoms. The smallest absolute Gasteiger partial charge is 0.322 e. The number of benzene rings is 1. The fourth-order valence-electron chi connectivity index (χ4n) is 1.65. The molecule has 2 N–H and O–H groups in total. The minimum Gasteiger partial charge on any atom is -0.459 e. The molecule has 0 amide bonds. The van der Waals surface area contributed by atoms with Crippen LogP contribution in [0.15, 0.2) is 30.3 Å². The third-order valence-corrected chi connectivity index (χ3v) is 2.78. The molecule has 1 aromatic carbocycles. The Bertz CT molecular complexity index is 370. The van der Waals surface area contributed by atoms with Crippen molar-refractivity contribution in [1.82, 2.24) is 0 Å². The van der Waals surface area contributed by atoms with Gasteiger partial charge in [-0.25, -0.2) is 0 Å². The summed E-state index contributed by atoms with van der Waals surface area (Å²) in [7, 11) is 1.61. The van der Waals surface area contributed by atoms with Crippen molar-refractivity contribution in [3.8, 4) is 0 Å². The van der Waals surface area contributed by atoms with E-state index >= 15 is 0 Å². The SMILES string of the molecule is CO[C@H](Cc1ccccc1)[C@H](C)OC(=O)[C@H](C)N.Cl. The summed E-state index contributed by atoms with van der Waals surface area (Å²) in [6.45, 7) is 3.42. The molecule has 0 saturated heterocycles. The number of ether oxygens (including phenoxy) is 2. The van der Waals surface area contributed by atoms with E-state index in [1.807, 2.05) is 37.3 Å². The summed E-state index contributed by atoms with van der Waals surface area (Å²) in [6, 6.07) is 9.34. The molecule has 5 heteroatoms. The number of methoxy groups -OCH3 is 1. The maximum Gasteiger partial charge on any atom is 0.322 e. The van der Waals surface area contributed by atoms with Crippen LogP contribution in [-0.2, 0) is 20.7 Å². The Kier molecular flexibility index (Phi) is 8.39. The first kappa shape index (κ1) is 17.9. The number of nitrogens with two attached hydrogens (primary N) is 1. The predicted octanol–water partition coefficient (Wildman–Crippen LogP) is 1.94. The van der Waals surface area contributed by atoms with Gasteiger partial charge in [0.2, 0.25) is 0 Å². The molecule has 0 heterocycles. The van der Waals surface area contributed by atoms with E-state index in [-0.39, 0.29) is 24.6 Å². The summed E-state index contributed by atoms with van der Waals surface area (Å²) in [4.78, 5) is 11.4. The van der Waals surface area contributed by atoms with Crippen molar-refractivity contribution >= 4 is 18.4 Å². The molecule has 0 bridgehead atoms. The van der Waals surface area contributed by atoms with Gasteiger partial charge in [0, 0.05) is 13.5 Å². The van der Waals surface area contributed by atoms with Gasteiger partial charge in [0.25, 0.3) is 0 Å². The number of rotatable bonds is 6. The average Bonchev–Trinajstić information content (AvgIpc) is 2.36. The van der Waals surface area contributed by atoms with Crippen molar-refractivity contribution in [3.05, 3.63) is 35.9 Å². The van der Waals surface area contributed by atoms with Gasteiger partial charge in [-0.2, -0.15) is 0 Å². The van der Waals surface area contributed by atoms with Crippen molar-refractivity contribution < 1.29 is 14.3 Å². The van der Waals surface area contributed by atoms with E-state index in [1.165, 1.54) is 0 Å². The zero-order chi connectivity index (χ0) is 13.5. The zero-order valence-corrected chi connectivity index (χ0v) is 12.4. The summed E-state index contributed by atoms with van der Waals surface area (Å²) in [6.07, 6.45) is 0.203. The topological polar surface area (TPSA) is 61.5 Å². The van der Waals surface area contributed by atoms with E-state index in [1.54, 1.807) is 14.0 Å². The Balaban J connectivity index is 0.00000324. The van der Waals surface area contributed by atoms with Gasteiger partial charge in [-0.15, -0.1) is 12.4 Å². The lowest BCUT2D eigenvalue weighted by atomic mass is 10.0. The van der Waals surface area contributed by atoms with Gasteiger partial charge in [-0.3, -0.25) is 4.79 Å². The third-order valence-electron chi connectivity index (χ3n) is 2.78. The quantitative estimate of drug-likeness (QED) is 0.812. The molecule has 1 rings (SSSR count). The van der Waals surface area contributed by atoms with Crippen LogP contribution >= 0.6 is 12.4 Å². The lowest BCUT2D eigenvalue weighted by Gasteiger charge is -2.23. The highest BCUT2D eigenvalue weighted by Crippen LogP contribution is 2.11. The summed E-state index contributed by atoms with van der Waals surface area (Å²) < 4.78 is 10.6. The minimum atomic E-state index is -0.610. The maximum atomic E-state index is 11.4. The van der Waals surface area contributed by atoms with E-state index in [2.05, 4.69) is 0 Å². The number of halogens is 1. The van der Waals surface area contributed by atoms with E-state index in [0.717, 1.165) is 5.56 Å². The molecule has 4 nitrogen and oxygen atoms in total. The average molecular weight is 288 g/mol. The van der Waals surface area contributed by atoms with E-state index in [9.17, 15) is 4.79 Å². The van der Waals surface area contributed by atoms with Gasteiger partial charge in [0.15, 0.2) is 0 Å². The largest absolute Gasteiger partial charge is 0.459 e. The van der Waals surface area contributed by atoms with Gasteiger partial charge in [0.1, 0.15) is 12.1 Å². The highest BCUT2D eigenvalue weighted by molar-refractivity contribution is 5.85. The first-order valence-corrected chi connectivity index (χ1v) is 6.07. The van der Waals surface area contributed by atoms with Crippen molar-refractivity contribution in [2.75, 3.05) is 7.11 Å². The van der Waals surface area contributed by atoms with Gasteiger partial charge in [-0.05, 0) is 19.4 Å². The molecule has 0 aliphatic heterocycles. The van der Waals surface area contributed by atoms with Crippen LogP contribution in [0, 0.1) is 0 Å². The number of hydrogen-bond acceptors (Lipinski definition) is 4. The molecule has 0 aliphatic rings. The van der Waals surface area contributed by atoms with E-state index in [0.29, 0.717) is 6.42 Å². The normalized spacial score (nSPS) is 14.9. The van der Waals surface area contributed by atoms with Crippen LogP contribution < -0.4 is 5.73 Å². The fraction of sp³-hybridized carbons (Fsp3) is 0.500. The van der Waals surface area contributed by atoms with Crippen LogP contribution in [-0.4, -0.2) is 31.3 Å². The molecular weight excluding hydrogens is 266 g/mol. The first-order valence-electron chi connectivity index (χ1n) is 6.07. The molecule has 0 saturated carbocycles. The van der Waals surface area contributed by atoms with Gasteiger partial charge >= 0.3 is 5.97 Å². The first-order chi connectivity index (χ1) is 8.54. The Morgan fingerprint density at radius 2 is 1.84 bits per heavy atom. The monoisotopic (exact) mass is 287 g/mol. The molecule has 0 fully saturated rings. The second-order valence-corrected chi connectivity index (χ2v) is 4.39. The molecule has 19 heavy (non-hydrogen) atoms. The minimum absolute atomic E-state index is 0. The Morgan fingerprint density at radius 3 is 2.32 bits per heavy atom. The van der Waals surface area contributed by atoms with Crippen LogP contribution in [0.3, 0.4) is 0 Å². The Morgan fingerprint density at radius 1 is 1.26 bits per heavy atom. The van der Waals surface area contributed by atoms with Gasteiger partial charge in [0.05, 0.1) is 6.10 Å². The lowest BCUT2D eigenvalue weighted by molar-refractivity contribution is -0.155. The molecular formula is C14H22ClNO3. The number of carbonyl (C=O) groups is 1.